The SMILES string of the molecule is Cc1cccc(-n2nc(C)c3cc(C(=O)N4CCN(c5cc(Cl)ccc5C)CC4)sc32)c1. The topological polar surface area (TPSA) is 41.4 Å². The summed E-state index contributed by atoms with van der Waals surface area (Å²) in [7, 11) is 0. The Kier molecular flexibility index (Phi) is 5.43. The summed E-state index contributed by atoms with van der Waals surface area (Å²) in [4.78, 5) is 19.4. The van der Waals surface area contributed by atoms with Gasteiger partial charge in [-0.15, -0.1) is 11.3 Å². The third kappa shape index (κ3) is 3.78. The van der Waals surface area contributed by atoms with Crippen LogP contribution in [0.3, 0.4) is 0 Å². The van der Waals surface area contributed by atoms with Crippen molar-refractivity contribution in [3.63, 3.8) is 0 Å². The molecule has 0 bridgehead atoms. The van der Waals surface area contributed by atoms with E-state index in [1.165, 1.54) is 22.5 Å². The van der Waals surface area contributed by atoms with Crippen LogP contribution in [-0.2, 0) is 0 Å². The number of thiophene rings is 1. The lowest BCUT2D eigenvalue weighted by Gasteiger charge is -2.36. The summed E-state index contributed by atoms with van der Waals surface area (Å²) in [6.45, 7) is 9.17. The Morgan fingerprint density at radius 1 is 1.00 bits per heavy atom. The van der Waals surface area contributed by atoms with Crippen LogP contribution in [0, 0.1) is 20.8 Å². The number of piperazine rings is 1. The van der Waals surface area contributed by atoms with Gasteiger partial charge in [0.05, 0.1) is 16.3 Å². The summed E-state index contributed by atoms with van der Waals surface area (Å²) < 4.78 is 1.96. The summed E-state index contributed by atoms with van der Waals surface area (Å²) in [6.07, 6.45) is 0. The zero-order chi connectivity index (χ0) is 22.4. The van der Waals surface area contributed by atoms with Crippen LogP contribution >= 0.6 is 22.9 Å². The highest BCUT2D eigenvalue weighted by Crippen LogP contribution is 2.32. The van der Waals surface area contributed by atoms with Gasteiger partial charge in [-0.1, -0.05) is 29.8 Å². The molecule has 0 aliphatic carbocycles. The fourth-order valence-electron chi connectivity index (χ4n) is 4.32. The molecule has 0 unspecified atom stereocenters. The van der Waals surface area contributed by atoms with Crippen molar-refractivity contribution >= 4 is 44.7 Å². The van der Waals surface area contributed by atoms with Crippen molar-refractivity contribution < 1.29 is 4.79 Å². The predicted octanol–water partition coefficient (Wildman–Crippen LogP) is 5.63. The van der Waals surface area contributed by atoms with E-state index in [4.69, 9.17) is 16.7 Å². The second-order valence-corrected chi connectivity index (χ2v) is 9.84. The first-order chi connectivity index (χ1) is 15.4. The molecule has 0 radical (unpaired) electrons. The molecule has 2 aromatic heterocycles. The molecule has 1 saturated heterocycles. The monoisotopic (exact) mass is 464 g/mol. The number of halogens is 1. The van der Waals surface area contributed by atoms with Gasteiger partial charge < -0.3 is 9.80 Å². The summed E-state index contributed by atoms with van der Waals surface area (Å²) >= 11 is 7.73. The molecule has 5 nitrogen and oxygen atoms in total. The molecule has 0 atom stereocenters. The van der Waals surface area contributed by atoms with Crippen LogP contribution < -0.4 is 4.90 Å². The van der Waals surface area contributed by atoms with E-state index in [0.717, 1.165) is 50.3 Å². The number of carbonyl (C=O) groups is 1. The van der Waals surface area contributed by atoms with Gasteiger partial charge in [0.1, 0.15) is 4.83 Å². The highest BCUT2D eigenvalue weighted by atomic mass is 35.5. The molecule has 1 aliphatic rings. The van der Waals surface area contributed by atoms with Crippen molar-refractivity contribution in [2.75, 3.05) is 31.1 Å². The molecule has 3 heterocycles. The molecule has 1 aliphatic heterocycles. The second kappa shape index (κ2) is 8.26. The van der Waals surface area contributed by atoms with Gasteiger partial charge in [-0.05, 0) is 62.2 Å². The van der Waals surface area contributed by atoms with Gasteiger partial charge in [0, 0.05) is 42.3 Å². The van der Waals surface area contributed by atoms with Crippen LogP contribution in [0.2, 0.25) is 5.02 Å². The lowest BCUT2D eigenvalue weighted by Crippen LogP contribution is -2.48. The van der Waals surface area contributed by atoms with Crippen LogP contribution in [0.5, 0.6) is 0 Å². The second-order valence-electron chi connectivity index (χ2n) is 8.38. The minimum Gasteiger partial charge on any atom is -0.368 e. The molecule has 164 valence electrons. The highest BCUT2D eigenvalue weighted by molar-refractivity contribution is 7.20. The summed E-state index contributed by atoms with van der Waals surface area (Å²) in [5, 5.41) is 6.51. The number of rotatable bonds is 3. The minimum absolute atomic E-state index is 0.101. The van der Waals surface area contributed by atoms with Crippen molar-refractivity contribution in [1.29, 1.82) is 0 Å². The number of hydrogen-bond donors (Lipinski definition) is 0. The lowest BCUT2D eigenvalue weighted by atomic mass is 10.1. The third-order valence-corrected chi connectivity index (χ3v) is 7.41. The zero-order valence-electron chi connectivity index (χ0n) is 18.4. The first-order valence-corrected chi connectivity index (χ1v) is 12.0. The van der Waals surface area contributed by atoms with E-state index in [2.05, 4.69) is 36.9 Å². The Bertz CT molecular complexity index is 1320. The molecule has 0 N–H and O–H groups in total. The Morgan fingerprint density at radius 2 is 1.78 bits per heavy atom. The molecule has 32 heavy (non-hydrogen) atoms. The van der Waals surface area contributed by atoms with Crippen molar-refractivity contribution in [2.24, 2.45) is 0 Å². The zero-order valence-corrected chi connectivity index (χ0v) is 20.0. The Morgan fingerprint density at radius 3 is 2.53 bits per heavy atom. The van der Waals surface area contributed by atoms with Crippen molar-refractivity contribution in [1.82, 2.24) is 14.7 Å². The van der Waals surface area contributed by atoms with Crippen molar-refractivity contribution in [3.05, 3.63) is 75.3 Å². The molecule has 1 fully saturated rings. The number of aromatic nitrogens is 2. The molecule has 7 heteroatoms. The fourth-order valence-corrected chi connectivity index (χ4v) is 5.63. The van der Waals surface area contributed by atoms with Crippen LogP contribution in [0.15, 0.2) is 48.5 Å². The molecule has 4 aromatic rings. The maximum absolute atomic E-state index is 13.3. The first-order valence-electron chi connectivity index (χ1n) is 10.8. The van der Waals surface area contributed by atoms with E-state index in [9.17, 15) is 4.79 Å². The molecular weight excluding hydrogens is 440 g/mol. The largest absolute Gasteiger partial charge is 0.368 e. The van der Waals surface area contributed by atoms with E-state index < -0.39 is 0 Å². The summed E-state index contributed by atoms with van der Waals surface area (Å²) in [6, 6.07) is 16.3. The Labute approximate surface area is 196 Å². The number of benzene rings is 2. The van der Waals surface area contributed by atoms with E-state index in [-0.39, 0.29) is 5.91 Å². The number of hydrogen-bond acceptors (Lipinski definition) is 4. The van der Waals surface area contributed by atoms with Crippen LogP contribution in [0.25, 0.3) is 15.9 Å². The summed E-state index contributed by atoms with van der Waals surface area (Å²) in [5.74, 6) is 0.101. The highest BCUT2D eigenvalue weighted by Gasteiger charge is 2.25. The molecule has 2 aromatic carbocycles. The molecule has 0 saturated carbocycles. The van der Waals surface area contributed by atoms with Crippen molar-refractivity contribution in [2.45, 2.75) is 20.8 Å². The predicted molar refractivity (Wildman–Crippen MR) is 133 cm³/mol. The summed E-state index contributed by atoms with van der Waals surface area (Å²) in [5.41, 5.74) is 5.51. The first kappa shape index (κ1) is 21.0. The number of fused-ring (bicyclic) bond motifs is 1. The molecule has 5 rings (SSSR count). The Balaban J connectivity index is 1.37. The minimum atomic E-state index is 0.101. The smallest absolute Gasteiger partial charge is 0.264 e. The number of amides is 1. The normalized spacial score (nSPS) is 14.4. The van der Waals surface area contributed by atoms with Gasteiger partial charge in [0.2, 0.25) is 0 Å². The van der Waals surface area contributed by atoms with Crippen molar-refractivity contribution in [3.8, 4) is 5.69 Å². The van der Waals surface area contributed by atoms with E-state index in [1.807, 2.05) is 46.8 Å². The van der Waals surface area contributed by atoms with E-state index in [1.54, 1.807) is 0 Å². The van der Waals surface area contributed by atoms with Crippen LogP contribution in [0.1, 0.15) is 26.5 Å². The van der Waals surface area contributed by atoms with Gasteiger partial charge in [-0.2, -0.15) is 5.10 Å². The number of anilines is 1. The van der Waals surface area contributed by atoms with Gasteiger partial charge in [0.15, 0.2) is 0 Å². The number of carbonyl (C=O) groups excluding carboxylic acids is 1. The van der Waals surface area contributed by atoms with Crippen LogP contribution in [-0.4, -0.2) is 46.8 Å². The average molecular weight is 465 g/mol. The van der Waals surface area contributed by atoms with Crippen LogP contribution in [0.4, 0.5) is 5.69 Å². The maximum Gasteiger partial charge on any atom is 0.264 e. The fraction of sp³-hybridized carbons (Fsp3) is 0.280. The van der Waals surface area contributed by atoms with E-state index in [0.29, 0.717) is 13.1 Å². The van der Waals surface area contributed by atoms with Gasteiger partial charge in [0.25, 0.3) is 5.91 Å². The van der Waals surface area contributed by atoms with Gasteiger partial charge in [-0.3, -0.25) is 4.79 Å². The maximum atomic E-state index is 13.3. The quantitative estimate of drug-likeness (QED) is 0.394. The standard InChI is InChI=1S/C25H25ClN4OS/c1-16-5-4-6-20(13-16)30-25-21(18(3)27-30)15-23(32-25)24(31)29-11-9-28(10-12-29)22-14-19(26)8-7-17(22)2/h4-8,13-15H,9-12H2,1-3H3. The molecular formula is C25H25ClN4OS. The lowest BCUT2D eigenvalue weighted by molar-refractivity contribution is 0.0751. The van der Waals surface area contributed by atoms with E-state index >= 15 is 0 Å². The third-order valence-electron chi connectivity index (χ3n) is 6.08. The van der Waals surface area contributed by atoms with Gasteiger partial charge >= 0.3 is 0 Å². The Hall–Kier alpha value is -2.83. The number of nitrogens with zero attached hydrogens (tertiary/aromatic N) is 4. The van der Waals surface area contributed by atoms with Gasteiger partial charge in [-0.25, -0.2) is 4.68 Å². The number of aryl methyl sites for hydroxylation is 3. The molecule has 0 spiro atoms. The average Bonchev–Trinajstić information content (AvgIpc) is 3.36. The molecule has 1 amide bonds.